The summed E-state index contributed by atoms with van der Waals surface area (Å²) in [6.07, 6.45) is 0.701. The van der Waals surface area contributed by atoms with E-state index in [1.165, 1.54) is 0 Å². The minimum Gasteiger partial charge on any atom is -0.497 e. The molecule has 8 nitrogen and oxygen atoms in total. The van der Waals surface area contributed by atoms with Crippen LogP contribution in [0.4, 0.5) is 0 Å². The van der Waals surface area contributed by atoms with Crippen molar-refractivity contribution in [2.75, 3.05) is 13.7 Å². The van der Waals surface area contributed by atoms with Crippen molar-refractivity contribution < 1.29 is 14.3 Å². The summed E-state index contributed by atoms with van der Waals surface area (Å²) in [4.78, 5) is 47.7. The van der Waals surface area contributed by atoms with E-state index in [0.29, 0.717) is 46.0 Å². The predicted molar refractivity (Wildman–Crippen MR) is 132 cm³/mol. The zero-order chi connectivity index (χ0) is 24.8. The van der Waals surface area contributed by atoms with Crippen molar-refractivity contribution in [3.63, 3.8) is 0 Å². The lowest BCUT2D eigenvalue weighted by atomic mass is 10.0. The van der Waals surface area contributed by atoms with E-state index in [4.69, 9.17) is 16.3 Å². The molecule has 0 unspecified atom stereocenters. The maximum Gasteiger partial charge on any atom is 0.258 e. The zero-order valence-electron chi connectivity index (χ0n) is 19.7. The normalized spacial score (nSPS) is 11.9. The van der Waals surface area contributed by atoms with Crippen molar-refractivity contribution in [2.24, 2.45) is 5.92 Å². The van der Waals surface area contributed by atoms with Crippen LogP contribution in [-0.2, 0) is 11.3 Å². The van der Waals surface area contributed by atoms with Crippen LogP contribution in [0, 0.1) is 5.92 Å². The highest BCUT2D eigenvalue weighted by atomic mass is 35.5. The van der Waals surface area contributed by atoms with Gasteiger partial charge in [0, 0.05) is 17.1 Å². The van der Waals surface area contributed by atoms with Crippen LogP contribution in [0.25, 0.3) is 10.9 Å². The summed E-state index contributed by atoms with van der Waals surface area (Å²) in [5.41, 5.74) is 0.593. The Morgan fingerprint density at radius 2 is 1.88 bits per heavy atom. The SMILES string of the molecule is CCCN(Cc1nc2cc(Cl)ccc2c(=O)[nH]1)C(=O)[C@@H](NC(=O)c1ccc(OC)cc1)C(C)C. The Balaban J connectivity index is 1.83. The molecule has 2 aromatic carbocycles. The fourth-order valence-corrected chi connectivity index (χ4v) is 3.80. The van der Waals surface area contributed by atoms with E-state index in [2.05, 4.69) is 15.3 Å². The summed E-state index contributed by atoms with van der Waals surface area (Å²) in [6, 6.07) is 10.8. The van der Waals surface area contributed by atoms with E-state index >= 15 is 0 Å². The number of amides is 2. The van der Waals surface area contributed by atoms with E-state index in [1.807, 2.05) is 20.8 Å². The second kappa shape index (κ2) is 11.2. The highest BCUT2D eigenvalue weighted by Crippen LogP contribution is 2.17. The maximum absolute atomic E-state index is 13.5. The minimum atomic E-state index is -0.747. The number of fused-ring (bicyclic) bond motifs is 1. The van der Waals surface area contributed by atoms with Crippen molar-refractivity contribution in [1.29, 1.82) is 0 Å². The minimum absolute atomic E-state index is 0.103. The molecule has 0 aliphatic heterocycles. The Morgan fingerprint density at radius 1 is 1.18 bits per heavy atom. The van der Waals surface area contributed by atoms with Crippen molar-refractivity contribution in [3.8, 4) is 5.75 Å². The Hall–Kier alpha value is -3.39. The van der Waals surface area contributed by atoms with Gasteiger partial charge in [-0.05, 0) is 54.8 Å². The van der Waals surface area contributed by atoms with E-state index in [0.717, 1.165) is 0 Å². The standard InChI is InChI=1S/C25H29ClN4O4/c1-5-12-30(14-21-27-20-13-17(26)8-11-19(20)24(32)28-21)25(33)22(15(2)3)29-23(31)16-6-9-18(34-4)10-7-16/h6-11,13,15,22H,5,12,14H2,1-4H3,(H,29,31)(H,27,28,32)/t22-/m0/s1. The van der Waals surface area contributed by atoms with Crippen molar-refractivity contribution >= 4 is 34.3 Å². The second-order valence-electron chi connectivity index (χ2n) is 8.36. The first-order valence-electron chi connectivity index (χ1n) is 11.2. The molecular formula is C25H29ClN4O4. The first-order chi connectivity index (χ1) is 16.2. The third kappa shape index (κ3) is 5.94. The molecule has 1 aromatic heterocycles. The van der Waals surface area contributed by atoms with E-state index in [1.54, 1.807) is 54.5 Å². The number of carbonyl (C=O) groups excluding carboxylic acids is 2. The van der Waals surface area contributed by atoms with Gasteiger partial charge in [-0.1, -0.05) is 32.4 Å². The molecule has 34 heavy (non-hydrogen) atoms. The quantitative estimate of drug-likeness (QED) is 0.481. The number of hydrogen-bond acceptors (Lipinski definition) is 5. The van der Waals surface area contributed by atoms with Gasteiger partial charge in [0.15, 0.2) is 0 Å². The zero-order valence-corrected chi connectivity index (χ0v) is 20.5. The molecule has 0 saturated carbocycles. The smallest absolute Gasteiger partial charge is 0.258 e. The number of aromatic nitrogens is 2. The van der Waals surface area contributed by atoms with Crippen molar-refractivity contribution in [1.82, 2.24) is 20.2 Å². The lowest BCUT2D eigenvalue weighted by Crippen LogP contribution is -2.51. The molecule has 0 radical (unpaired) electrons. The number of nitrogens with one attached hydrogen (secondary N) is 2. The van der Waals surface area contributed by atoms with Gasteiger partial charge in [0.2, 0.25) is 5.91 Å². The number of hydrogen-bond donors (Lipinski definition) is 2. The largest absolute Gasteiger partial charge is 0.497 e. The van der Waals surface area contributed by atoms with Crippen LogP contribution in [0.5, 0.6) is 5.75 Å². The Labute approximate surface area is 203 Å². The van der Waals surface area contributed by atoms with Gasteiger partial charge in [-0.15, -0.1) is 0 Å². The number of halogens is 1. The molecule has 3 rings (SSSR count). The molecule has 2 amide bonds. The number of ether oxygens (including phenoxy) is 1. The van der Waals surface area contributed by atoms with Gasteiger partial charge in [-0.2, -0.15) is 0 Å². The molecule has 0 spiro atoms. The second-order valence-corrected chi connectivity index (χ2v) is 8.79. The van der Waals surface area contributed by atoms with Crippen LogP contribution in [0.2, 0.25) is 5.02 Å². The lowest BCUT2D eigenvalue weighted by molar-refractivity contribution is -0.135. The van der Waals surface area contributed by atoms with Gasteiger partial charge in [0.05, 0.1) is 24.6 Å². The predicted octanol–water partition coefficient (Wildman–Crippen LogP) is 3.78. The number of aromatic amines is 1. The summed E-state index contributed by atoms with van der Waals surface area (Å²) >= 11 is 6.06. The topological polar surface area (TPSA) is 104 Å². The lowest BCUT2D eigenvalue weighted by Gasteiger charge is -2.29. The van der Waals surface area contributed by atoms with E-state index < -0.39 is 6.04 Å². The summed E-state index contributed by atoms with van der Waals surface area (Å²) in [5, 5.41) is 3.76. The van der Waals surface area contributed by atoms with Gasteiger partial charge < -0.3 is 19.9 Å². The molecular weight excluding hydrogens is 456 g/mol. The first kappa shape index (κ1) is 25.2. The highest BCUT2D eigenvalue weighted by Gasteiger charge is 2.29. The molecule has 0 saturated heterocycles. The molecule has 2 N–H and O–H groups in total. The van der Waals surface area contributed by atoms with Crippen LogP contribution >= 0.6 is 11.6 Å². The van der Waals surface area contributed by atoms with Gasteiger partial charge in [-0.3, -0.25) is 14.4 Å². The van der Waals surface area contributed by atoms with Crippen LogP contribution in [-0.4, -0.2) is 46.4 Å². The number of nitrogens with zero attached hydrogens (tertiary/aromatic N) is 2. The summed E-state index contributed by atoms with van der Waals surface area (Å²) < 4.78 is 5.13. The van der Waals surface area contributed by atoms with Crippen LogP contribution < -0.4 is 15.6 Å². The van der Waals surface area contributed by atoms with Crippen LogP contribution in [0.1, 0.15) is 43.4 Å². The molecule has 180 valence electrons. The summed E-state index contributed by atoms with van der Waals surface area (Å²) in [7, 11) is 1.55. The Kier molecular flexibility index (Phi) is 8.28. The highest BCUT2D eigenvalue weighted by molar-refractivity contribution is 6.31. The molecule has 0 fully saturated rings. The molecule has 1 heterocycles. The van der Waals surface area contributed by atoms with Crippen LogP contribution in [0.3, 0.4) is 0 Å². The van der Waals surface area contributed by atoms with E-state index in [-0.39, 0.29) is 29.8 Å². The van der Waals surface area contributed by atoms with E-state index in [9.17, 15) is 14.4 Å². The van der Waals surface area contributed by atoms with Gasteiger partial charge in [-0.25, -0.2) is 4.98 Å². The number of methoxy groups -OCH3 is 1. The Bertz CT molecular complexity index is 1220. The molecule has 3 aromatic rings. The van der Waals surface area contributed by atoms with Gasteiger partial charge >= 0.3 is 0 Å². The Morgan fingerprint density at radius 3 is 2.50 bits per heavy atom. The summed E-state index contributed by atoms with van der Waals surface area (Å²) in [6.45, 7) is 6.25. The number of carbonyl (C=O) groups is 2. The van der Waals surface area contributed by atoms with Crippen molar-refractivity contribution in [3.05, 3.63) is 69.2 Å². The molecule has 0 aliphatic rings. The third-order valence-electron chi connectivity index (χ3n) is 5.43. The van der Waals surface area contributed by atoms with Crippen LogP contribution in [0.15, 0.2) is 47.3 Å². The fraction of sp³-hybridized carbons (Fsp3) is 0.360. The summed E-state index contributed by atoms with van der Waals surface area (Å²) in [5.74, 6) is 0.243. The van der Waals surface area contributed by atoms with Gasteiger partial charge in [0.1, 0.15) is 17.6 Å². The fourth-order valence-electron chi connectivity index (χ4n) is 3.63. The van der Waals surface area contributed by atoms with Crippen molar-refractivity contribution in [2.45, 2.75) is 39.8 Å². The number of rotatable bonds is 9. The monoisotopic (exact) mass is 484 g/mol. The third-order valence-corrected chi connectivity index (χ3v) is 5.67. The maximum atomic E-state index is 13.5. The average Bonchev–Trinajstić information content (AvgIpc) is 2.81. The first-order valence-corrected chi connectivity index (χ1v) is 11.5. The van der Waals surface area contributed by atoms with Gasteiger partial charge in [0.25, 0.3) is 11.5 Å². The number of H-pyrrole nitrogens is 1. The average molecular weight is 485 g/mol. The molecule has 1 atom stereocenters. The number of benzene rings is 2. The molecule has 0 bridgehead atoms. The molecule has 9 heteroatoms. The molecule has 0 aliphatic carbocycles.